The second kappa shape index (κ2) is 9.90. The van der Waals surface area contributed by atoms with Crippen molar-refractivity contribution in [2.45, 2.75) is 32.8 Å². The van der Waals surface area contributed by atoms with Gasteiger partial charge in [-0.1, -0.05) is 60.2 Å². The van der Waals surface area contributed by atoms with Crippen LogP contribution in [-0.2, 0) is 22.6 Å². The molecule has 0 fully saturated rings. The number of nitrogens with one attached hydrogen (secondary N) is 2. The van der Waals surface area contributed by atoms with Gasteiger partial charge in [-0.2, -0.15) is 0 Å². The molecule has 27 heavy (non-hydrogen) atoms. The Morgan fingerprint density at radius 1 is 0.963 bits per heavy atom. The van der Waals surface area contributed by atoms with E-state index in [4.69, 9.17) is 0 Å². The van der Waals surface area contributed by atoms with E-state index in [1.807, 2.05) is 61.5 Å². The third-order valence-corrected chi connectivity index (χ3v) is 4.36. The van der Waals surface area contributed by atoms with Crippen LogP contribution >= 0.6 is 0 Å². The van der Waals surface area contributed by atoms with Crippen LogP contribution in [0.15, 0.2) is 54.6 Å². The van der Waals surface area contributed by atoms with Gasteiger partial charge in [0.1, 0.15) is 5.92 Å². The Morgan fingerprint density at radius 2 is 1.59 bits per heavy atom. The van der Waals surface area contributed by atoms with Crippen LogP contribution in [0, 0.1) is 12.8 Å². The minimum absolute atomic E-state index is 0.252. The molecule has 0 aliphatic rings. The van der Waals surface area contributed by atoms with Gasteiger partial charge in [0.15, 0.2) is 0 Å². The molecule has 0 heterocycles. The van der Waals surface area contributed by atoms with Crippen LogP contribution in [0.1, 0.15) is 23.6 Å². The highest BCUT2D eigenvalue weighted by molar-refractivity contribution is 6.43. The van der Waals surface area contributed by atoms with Crippen molar-refractivity contribution in [1.82, 2.24) is 10.6 Å². The van der Waals surface area contributed by atoms with Gasteiger partial charge in [-0.3, -0.25) is 9.59 Å². The lowest BCUT2D eigenvalue weighted by molar-refractivity contribution is -0.134. The molecule has 2 rings (SSSR count). The zero-order valence-electron chi connectivity index (χ0n) is 15.6. The molecule has 6 nitrogen and oxygen atoms in total. The van der Waals surface area contributed by atoms with Gasteiger partial charge < -0.3 is 20.7 Å². The summed E-state index contributed by atoms with van der Waals surface area (Å²) >= 11 is 0. The van der Waals surface area contributed by atoms with E-state index in [2.05, 4.69) is 10.6 Å². The van der Waals surface area contributed by atoms with Gasteiger partial charge >= 0.3 is 7.12 Å². The predicted molar refractivity (Wildman–Crippen MR) is 104 cm³/mol. The molecular weight excluding hydrogens is 343 g/mol. The van der Waals surface area contributed by atoms with Crippen molar-refractivity contribution in [1.29, 1.82) is 0 Å². The van der Waals surface area contributed by atoms with E-state index in [1.165, 1.54) is 6.92 Å². The Bertz CT molecular complexity index is 750. The summed E-state index contributed by atoms with van der Waals surface area (Å²) in [6.07, 6.45) is 0.252. The van der Waals surface area contributed by atoms with E-state index in [-0.39, 0.29) is 6.42 Å². The maximum atomic E-state index is 12.4. The van der Waals surface area contributed by atoms with Crippen molar-refractivity contribution < 1.29 is 19.6 Å². The van der Waals surface area contributed by atoms with Gasteiger partial charge in [0.25, 0.3) is 0 Å². The fourth-order valence-electron chi connectivity index (χ4n) is 2.57. The van der Waals surface area contributed by atoms with E-state index < -0.39 is 30.8 Å². The molecule has 0 radical (unpaired) electrons. The first-order valence-corrected chi connectivity index (χ1v) is 8.90. The smallest absolute Gasteiger partial charge is 0.426 e. The number of hydrogen-bond donors (Lipinski definition) is 4. The summed E-state index contributed by atoms with van der Waals surface area (Å²) in [5.74, 6) is -2.82. The first kappa shape index (κ1) is 20.7. The average molecular weight is 368 g/mol. The summed E-state index contributed by atoms with van der Waals surface area (Å²) in [5, 5.41) is 24.5. The summed E-state index contributed by atoms with van der Waals surface area (Å²) in [5.41, 5.74) is 2.88. The number of aryl methyl sites for hydroxylation is 1. The van der Waals surface area contributed by atoms with E-state index in [9.17, 15) is 19.6 Å². The molecule has 2 atom stereocenters. The fourth-order valence-corrected chi connectivity index (χ4v) is 2.57. The molecule has 1 unspecified atom stereocenters. The van der Waals surface area contributed by atoms with Crippen LogP contribution in [0.2, 0.25) is 0 Å². The highest BCUT2D eigenvalue weighted by Gasteiger charge is 2.29. The Balaban J connectivity index is 1.91. The molecule has 0 saturated heterocycles. The lowest BCUT2D eigenvalue weighted by atomic mass is 9.75. The Kier molecular flexibility index (Phi) is 7.58. The number of carbonyl (C=O) groups excluding carboxylic acids is 2. The second-order valence-electron chi connectivity index (χ2n) is 6.64. The molecule has 2 aromatic carbocycles. The first-order chi connectivity index (χ1) is 12.9. The van der Waals surface area contributed by atoms with Crippen LogP contribution < -0.4 is 10.6 Å². The lowest BCUT2D eigenvalue weighted by Gasteiger charge is -2.20. The van der Waals surface area contributed by atoms with Gasteiger partial charge in [-0.25, -0.2) is 0 Å². The Morgan fingerprint density at radius 3 is 2.19 bits per heavy atom. The number of rotatable bonds is 8. The molecule has 0 bridgehead atoms. The Labute approximate surface area is 159 Å². The largest absolute Gasteiger partial charge is 0.475 e. The van der Waals surface area contributed by atoms with Gasteiger partial charge in [0.05, 0.1) is 5.94 Å². The van der Waals surface area contributed by atoms with Gasteiger partial charge in [0.2, 0.25) is 11.8 Å². The molecule has 0 aliphatic heterocycles. The van der Waals surface area contributed by atoms with Crippen LogP contribution in [0.5, 0.6) is 0 Å². The highest BCUT2D eigenvalue weighted by atomic mass is 16.4. The normalized spacial score (nSPS) is 12.7. The molecule has 4 N–H and O–H groups in total. The Hall–Kier alpha value is -2.64. The molecule has 2 aromatic rings. The number of hydrogen-bond acceptors (Lipinski definition) is 4. The molecule has 0 aliphatic carbocycles. The van der Waals surface area contributed by atoms with Crippen molar-refractivity contribution in [3.63, 3.8) is 0 Å². The van der Waals surface area contributed by atoms with Crippen LogP contribution in [0.3, 0.4) is 0 Å². The summed E-state index contributed by atoms with van der Waals surface area (Å²) in [6.45, 7) is 3.77. The zero-order valence-corrected chi connectivity index (χ0v) is 15.6. The highest BCUT2D eigenvalue weighted by Crippen LogP contribution is 2.08. The summed E-state index contributed by atoms with van der Waals surface area (Å²) in [6, 6.07) is 17.0. The van der Waals surface area contributed by atoms with Gasteiger partial charge in [-0.15, -0.1) is 0 Å². The van der Waals surface area contributed by atoms with Crippen molar-refractivity contribution in [2.75, 3.05) is 0 Å². The number of benzene rings is 2. The SMILES string of the molecule is Cc1ccc(C[C@H](NC(=O)C(C)C(=O)NCc2ccccc2)B(O)O)cc1. The molecule has 0 spiro atoms. The summed E-state index contributed by atoms with van der Waals surface area (Å²) in [4.78, 5) is 24.6. The van der Waals surface area contributed by atoms with E-state index in [0.29, 0.717) is 6.54 Å². The van der Waals surface area contributed by atoms with Gasteiger partial charge in [-0.05, 0) is 31.4 Å². The fraction of sp³-hybridized carbons (Fsp3) is 0.300. The van der Waals surface area contributed by atoms with Gasteiger partial charge in [0, 0.05) is 6.54 Å². The maximum absolute atomic E-state index is 12.4. The van der Waals surface area contributed by atoms with Crippen LogP contribution in [0.25, 0.3) is 0 Å². The van der Waals surface area contributed by atoms with E-state index >= 15 is 0 Å². The lowest BCUT2D eigenvalue weighted by Crippen LogP contribution is -2.51. The third-order valence-electron chi connectivity index (χ3n) is 4.36. The summed E-state index contributed by atoms with van der Waals surface area (Å²) < 4.78 is 0. The van der Waals surface area contributed by atoms with Crippen LogP contribution in [0.4, 0.5) is 0 Å². The standard InChI is InChI=1S/C20H25BN2O4/c1-14-8-10-16(11-9-14)12-18(21(26)27)23-20(25)15(2)19(24)22-13-17-6-4-3-5-7-17/h3-11,15,18,26-27H,12-13H2,1-2H3,(H,22,24)(H,23,25)/t15?,18-/m0/s1. The van der Waals surface area contributed by atoms with Crippen molar-refractivity contribution in [2.24, 2.45) is 5.92 Å². The zero-order chi connectivity index (χ0) is 19.8. The summed E-state index contributed by atoms with van der Waals surface area (Å²) in [7, 11) is -1.73. The van der Waals surface area contributed by atoms with E-state index in [0.717, 1.165) is 16.7 Å². The number of amides is 2. The van der Waals surface area contributed by atoms with E-state index in [1.54, 1.807) is 0 Å². The second-order valence-corrected chi connectivity index (χ2v) is 6.64. The third kappa shape index (κ3) is 6.55. The molecule has 142 valence electrons. The maximum Gasteiger partial charge on any atom is 0.475 e. The molecule has 0 saturated carbocycles. The minimum Gasteiger partial charge on any atom is -0.426 e. The quantitative estimate of drug-likeness (QED) is 0.413. The van der Waals surface area contributed by atoms with Crippen molar-refractivity contribution in [3.8, 4) is 0 Å². The van der Waals surface area contributed by atoms with Crippen LogP contribution in [-0.4, -0.2) is 34.9 Å². The molecule has 7 heteroatoms. The van der Waals surface area contributed by atoms with Crippen molar-refractivity contribution in [3.05, 3.63) is 71.3 Å². The topological polar surface area (TPSA) is 98.7 Å². The van der Waals surface area contributed by atoms with Crippen molar-refractivity contribution >= 4 is 18.9 Å². The monoisotopic (exact) mass is 368 g/mol. The molecule has 2 amide bonds. The predicted octanol–water partition coefficient (Wildman–Crippen LogP) is 0.987. The number of carbonyl (C=O) groups is 2. The average Bonchev–Trinajstić information content (AvgIpc) is 2.67. The minimum atomic E-state index is -1.73. The first-order valence-electron chi connectivity index (χ1n) is 8.90. The molecular formula is C20H25BN2O4. The molecule has 0 aromatic heterocycles.